The summed E-state index contributed by atoms with van der Waals surface area (Å²) in [5, 5.41) is 0. The van der Waals surface area contributed by atoms with Crippen LogP contribution >= 0.6 is 0 Å². The molecule has 0 amide bonds. The van der Waals surface area contributed by atoms with Gasteiger partial charge >= 0.3 is 0 Å². The van der Waals surface area contributed by atoms with Crippen molar-refractivity contribution in [3.05, 3.63) is 258 Å². The summed E-state index contributed by atoms with van der Waals surface area (Å²) in [5.74, 6) is 1.11. The van der Waals surface area contributed by atoms with Crippen LogP contribution in [-0.4, -0.2) is 26.6 Å². The van der Waals surface area contributed by atoms with Gasteiger partial charge in [0, 0.05) is 5.57 Å². The predicted octanol–water partition coefficient (Wildman–Crippen LogP) is 17.3. The molecule has 0 aliphatic heterocycles. The third-order valence-corrected chi connectivity index (χ3v) is 18.0. The van der Waals surface area contributed by atoms with Gasteiger partial charge in [0.25, 0.3) is 0 Å². The molecule has 3 heteroatoms. The molecule has 0 spiro atoms. The summed E-state index contributed by atoms with van der Waals surface area (Å²) in [6.45, 7) is 46.1. The molecule has 0 saturated heterocycles. The molecule has 0 atom stereocenters. The zero-order chi connectivity index (χ0) is 59.4. The Labute approximate surface area is 499 Å². The summed E-state index contributed by atoms with van der Waals surface area (Å²) in [5.41, 5.74) is 35.7. The van der Waals surface area contributed by atoms with Crippen LogP contribution < -0.4 is 27.3 Å². The first-order valence-electron chi connectivity index (χ1n) is 31.2. The van der Waals surface area contributed by atoms with E-state index in [2.05, 4.69) is 249 Å². The average molecular weight is 1090 g/mol. The van der Waals surface area contributed by atoms with Crippen LogP contribution in [0.25, 0.3) is 0 Å². The number of benzene rings is 5. The van der Waals surface area contributed by atoms with Crippen molar-refractivity contribution in [3.8, 4) is 0 Å². The first kappa shape index (κ1) is 63.2. The Bertz CT molecular complexity index is 3270. The minimum atomic E-state index is 0.0852. The van der Waals surface area contributed by atoms with Crippen molar-refractivity contribution in [2.24, 2.45) is 17.3 Å². The van der Waals surface area contributed by atoms with E-state index in [0.29, 0.717) is 19.1 Å². The third kappa shape index (κ3) is 15.4. The average Bonchev–Trinajstić information content (AvgIpc) is 3.75. The lowest BCUT2D eigenvalue weighted by molar-refractivity contribution is 0.142. The van der Waals surface area contributed by atoms with Crippen molar-refractivity contribution in [1.82, 2.24) is 0 Å². The summed E-state index contributed by atoms with van der Waals surface area (Å²) in [4.78, 5) is 0. The Morgan fingerprint density at radius 3 is 1.77 bits per heavy atom. The molecule has 5 aromatic carbocycles. The van der Waals surface area contributed by atoms with E-state index in [9.17, 15) is 0 Å². The zero-order valence-corrected chi connectivity index (χ0v) is 53.6. The Morgan fingerprint density at radius 1 is 0.683 bits per heavy atom. The number of aryl methyl sites for hydroxylation is 12. The molecule has 2 bridgehead atoms. The second kappa shape index (κ2) is 28.7. The molecule has 0 N–H and O–H groups in total. The minimum Gasteiger partial charge on any atom is -0.377 e. The fraction of sp³-hybridized carbons (Fsp3) is 0.380. The summed E-state index contributed by atoms with van der Waals surface area (Å²) in [6.07, 6.45) is 33.1. The van der Waals surface area contributed by atoms with E-state index in [0.717, 1.165) is 48.3 Å². The van der Waals surface area contributed by atoms with Crippen LogP contribution in [0, 0.1) is 93.4 Å². The van der Waals surface area contributed by atoms with Crippen LogP contribution in [0.3, 0.4) is 0 Å². The van der Waals surface area contributed by atoms with E-state index in [1.807, 2.05) is 13.8 Å². The van der Waals surface area contributed by atoms with Gasteiger partial charge in [0.1, 0.15) is 0 Å². The smallest absolute Gasteiger partial charge is 0.242 e. The number of fused-ring (bicyclic) bond motifs is 4. The van der Waals surface area contributed by atoms with E-state index < -0.39 is 0 Å². The van der Waals surface area contributed by atoms with Gasteiger partial charge in [-0.05, 0) is 192 Å². The van der Waals surface area contributed by atoms with Crippen LogP contribution in [0.5, 0.6) is 0 Å². The number of rotatable bonds is 20. The Morgan fingerprint density at radius 2 is 1.22 bits per heavy atom. The summed E-state index contributed by atoms with van der Waals surface area (Å²) >= 11 is 0. The molecule has 82 heavy (non-hydrogen) atoms. The lowest BCUT2D eigenvalue weighted by Gasteiger charge is -2.43. The zero-order valence-electron chi connectivity index (χ0n) is 53.6. The monoisotopic (exact) mass is 1080 g/mol. The Balaban J connectivity index is 0.00000479. The maximum Gasteiger partial charge on any atom is 0.242 e. The molecular weight excluding hydrogens is 986 g/mol. The standard InChI is InChI=1S/C77H92B2O.C2H6/c1-17-67-47-55(7)46-64(16)76(67)78(73-58(10)40-52(4)41-59(73)11)71-32-27-66(28-33-71)49-77-36-34-65(35-37-77)26-29-70(50-77)69-24-20-23-68(30-31-69)56(8)22-21-39-80-38-19-18-25-72(48-57(9)51(2)3)79(74-60(12)42-53(5)43-61(74)13)75-62(14)44-54(6)45-63(75)15;1-2/h18,20-22,24-25,27-33,40-48,51,65H,8-9,17,19,26,34-39,49-50H2,1-7,10-16H3;1-2H3/b22-21-,25-18-,70-29?,72-48+;. The highest BCUT2D eigenvalue weighted by Crippen LogP contribution is 2.50. The molecule has 0 unspecified atom stereocenters. The van der Waals surface area contributed by atoms with Crippen molar-refractivity contribution < 1.29 is 4.74 Å². The number of ether oxygens (including phenoxy) is 1. The maximum absolute atomic E-state index is 6.22. The van der Waals surface area contributed by atoms with Crippen molar-refractivity contribution >= 4 is 40.7 Å². The highest BCUT2D eigenvalue weighted by molar-refractivity contribution is 6.96. The van der Waals surface area contributed by atoms with E-state index in [1.54, 1.807) is 0 Å². The molecule has 4 aliphatic rings. The van der Waals surface area contributed by atoms with Gasteiger partial charge in [-0.25, -0.2) is 0 Å². The summed E-state index contributed by atoms with van der Waals surface area (Å²) in [6, 6.07) is 28.8. The molecule has 0 heterocycles. The van der Waals surface area contributed by atoms with Crippen molar-refractivity contribution in [1.29, 1.82) is 0 Å². The number of hydrogen-bond acceptors (Lipinski definition) is 1. The molecule has 1 nitrogen and oxygen atoms in total. The van der Waals surface area contributed by atoms with Gasteiger partial charge in [-0.3, -0.25) is 0 Å². The topological polar surface area (TPSA) is 9.23 Å². The minimum absolute atomic E-state index is 0.0852. The van der Waals surface area contributed by atoms with E-state index in [-0.39, 0.29) is 18.8 Å². The molecule has 0 aromatic heterocycles. The van der Waals surface area contributed by atoms with Gasteiger partial charge in [-0.1, -0.05) is 268 Å². The number of hydrogen-bond donors (Lipinski definition) is 0. The molecular formula is C79H98B2O. The SMILES string of the molecule is C=C(/C=C\COCC/C=C\C(=C/C(=C)C(C)C)B(c1c(C)cc(C)cc1C)c1c(C)cc(C)cc1C)C1=C=CC=C(C2=CCC3CCC(Cc4ccc(B(c5c(C)cc(C)cc5C)c5c(C)cc(C)cc5CC)cc4)(CC3)C2)C=C1.CC. The van der Waals surface area contributed by atoms with Gasteiger partial charge in [0.05, 0.1) is 13.2 Å². The predicted molar refractivity (Wildman–Crippen MR) is 364 cm³/mol. The molecule has 1 saturated carbocycles. The van der Waals surface area contributed by atoms with Gasteiger partial charge < -0.3 is 4.74 Å². The molecule has 0 radical (unpaired) electrons. The Hall–Kier alpha value is -6.37. The molecule has 4 aliphatic carbocycles. The quantitative estimate of drug-likeness (QED) is 0.0327. The first-order chi connectivity index (χ1) is 39.2. The van der Waals surface area contributed by atoms with Crippen molar-refractivity contribution in [3.63, 3.8) is 0 Å². The largest absolute Gasteiger partial charge is 0.377 e. The van der Waals surface area contributed by atoms with Crippen molar-refractivity contribution in [2.75, 3.05) is 13.2 Å². The van der Waals surface area contributed by atoms with Gasteiger partial charge in [0.15, 0.2) is 0 Å². The molecule has 9 rings (SSSR count). The fourth-order valence-electron chi connectivity index (χ4n) is 14.2. The van der Waals surface area contributed by atoms with Gasteiger partial charge in [-0.15, -0.1) is 5.73 Å². The van der Waals surface area contributed by atoms with Crippen LogP contribution in [0.1, 0.15) is 152 Å². The van der Waals surface area contributed by atoms with Crippen molar-refractivity contribution in [2.45, 2.75) is 169 Å². The fourth-order valence-corrected chi connectivity index (χ4v) is 14.2. The van der Waals surface area contributed by atoms with Crippen LogP contribution in [0.2, 0.25) is 0 Å². The first-order valence-corrected chi connectivity index (χ1v) is 31.2. The third-order valence-electron chi connectivity index (χ3n) is 18.0. The lowest BCUT2D eigenvalue weighted by atomic mass is 9.33. The lowest BCUT2D eigenvalue weighted by Crippen LogP contribution is -2.56. The van der Waals surface area contributed by atoms with Gasteiger partial charge in [-0.2, -0.15) is 0 Å². The second-order valence-corrected chi connectivity index (χ2v) is 25.1. The normalized spacial score (nSPS) is 17.1. The maximum atomic E-state index is 6.22. The number of allylic oxidation sites excluding steroid dienone is 13. The van der Waals surface area contributed by atoms with Crippen LogP contribution in [-0.2, 0) is 17.6 Å². The second-order valence-electron chi connectivity index (χ2n) is 25.1. The van der Waals surface area contributed by atoms with Gasteiger partial charge in [0.2, 0.25) is 13.4 Å². The highest BCUT2D eigenvalue weighted by atomic mass is 16.5. The molecule has 5 aromatic rings. The van der Waals surface area contributed by atoms with Crippen LogP contribution in [0.15, 0.2) is 186 Å². The van der Waals surface area contributed by atoms with E-state index >= 15 is 0 Å². The van der Waals surface area contributed by atoms with E-state index in [1.165, 1.54) is 148 Å². The molecule has 426 valence electrons. The highest BCUT2D eigenvalue weighted by Gasteiger charge is 2.38. The summed E-state index contributed by atoms with van der Waals surface area (Å²) < 4.78 is 6.22. The summed E-state index contributed by atoms with van der Waals surface area (Å²) in [7, 11) is 0. The van der Waals surface area contributed by atoms with Crippen LogP contribution in [0.4, 0.5) is 0 Å². The van der Waals surface area contributed by atoms with E-state index in [4.69, 9.17) is 4.74 Å². The Kier molecular flexibility index (Phi) is 22.2. The molecule has 1 fully saturated rings.